The highest BCUT2D eigenvalue weighted by atomic mass is 32.2. The lowest BCUT2D eigenvalue weighted by Crippen LogP contribution is -2.32. The fourth-order valence-electron chi connectivity index (χ4n) is 6.86. The number of alkyl halides is 3. The highest BCUT2D eigenvalue weighted by molar-refractivity contribution is 8.00. The van der Waals surface area contributed by atoms with Crippen molar-refractivity contribution in [2.24, 2.45) is 11.8 Å². The van der Waals surface area contributed by atoms with Gasteiger partial charge in [-0.15, -0.1) is 24.9 Å². The van der Waals surface area contributed by atoms with E-state index < -0.39 is 6.36 Å². The summed E-state index contributed by atoms with van der Waals surface area (Å²) in [7, 11) is 1.38. The van der Waals surface area contributed by atoms with Crippen molar-refractivity contribution in [3.8, 4) is 17.0 Å². The van der Waals surface area contributed by atoms with Crippen molar-refractivity contribution in [2.45, 2.75) is 73.7 Å². The SMILES string of the molecule is COC(=O)c1ccc2cc(S[C@H]3[C@@H]4CC[C@H]3C[C@H](OCc3c(-c5ccccc5OC(F)(F)F)noc3C3CC3)C4)ccc2c1. The molecule has 7 rings (SSSR count). The van der Waals surface area contributed by atoms with Gasteiger partial charge in [-0.2, -0.15) is 0 Å². The number of methoxy groups -OCH3 is 1. The quantitative estimate of drug-likeness (QED) is 0.172. The van der Waals surface area contributed by atoms with Crippen LogP contribution in [0.15, 0.2) is 70.1 Å². The number of thioether (sulfide) groups is 1. The summed E-state index contributed by atoms with van der Waals surface area (Å²) in [6.45, 7) is 0.241. The Morgan fingerprint density at radius 2 is 1.70 bits per heavy atom. The van der Waals surface area contributed by atoms with E-state index in [0.29, 0.717) is 34.1 Å². The highest BCUT2D eigenvalue weighted by Crippen LogP contribution is 2.52. The molecule has 3 saturated carbocycles. The third kappa shape index (κ3) is 6.06. The molecule has 230 valence electrons. The molecule has 3 aliphatic carbocycles. The Morgan fingerprint density at radius 1 is 0.977 bits per heavy atom. The number of para-hydroxylation sites is 1. The smallest absolute Gasteiger partial charge is 0.465 e. The van der Waals surface area contributed by atoms with Crippen LogP contribution >= 0.6 is 11.8 Å². The second-order valence-electron chi connectivity index (χ2n) is 12.0. The lowest BCUT2D eigenvalue weighted by atomic mass is 9.86. The topological polar surface area (TPSA) is 70.8 Å². The molecule has 0 spiro atoms. The van der Waals surface area contributed by atoms with Crippen LogP contribution in [0.1, 0.15) is 66.1 Å². The van der Waals surface area contributed by atoms with Gasteiger partial charge in [-0.05, 0) is 97.5 Å². The number of esters is 1. The van der Waals surface area contributed by atoms with Crippen molar-refractivity contribution in [1.29, 1.82) is 0 Å². The molecule has 0 amide bonds. The van der Waals surface area contributed by atoms with Crippen LogP contribution in [0.5, 0.6) is 5.75 Å². The fourth-order valence-corrected chi connectivity index (χ4v) is 8.40. The van der Waals surface area contributed by atoms with Gasteiger partial charge in [0, 0.05) is 27.2 Å². The van der Waals surface area contributed by atoms with Crippen LogP contribution in [-0.4, -0.2) is 36.0 Å². The molecular formula is C34H32F3NO5S. The maximum Gasteiger partial charge on any atom is 0.573 e. The molecule has 0 N–H and O–H groups in total. The minimum atomic E-state index is -4.81. The second kappa shape index (κ2) is 11.8. The summed E-state index contributed by atoms with van der Waals surface area (Å²) in [4.78, 5) is 13.1. The van der Waals surface area contributed by atoms with E-state index in [1.807, 2.05) is 23.9 Å². The number of fused-ring (bicyclic) bond motifs is 3. The Bertz CT molecular complexity index is 1670. The number of aromatic nitrogens is 1. The molecule has 3 fully saturated rings. The number of hydrogen-bond donors (Lipinski definition) is 0. The zero-order valence-electron chi connectivity index (χ0n) is 24.1. The van der Waals surface area contributed by atoms with Gasteiger partial charge in [-0.1, -0.05) is 29.4 Å². The van der Waals surface area contributed by atoms with Gasteiger partial charge in [-0.25, -0.2) is 4.79 Å². The standard InChI is InChI=1S/C34H32F3NO5S/c1-40-33(39)24-11-8-21-17-26(13-12-20(21)14-24)44-32-22-9-10-23(32)16-25(15-22)41-18-28-30(38-43-31(28)19-6-7-19)27-4-2-3-5-29(27)42-34(35,36)37/h2-5,8,11-14,17,19,22-23,25,32H,6-7,9-10,15-16,18H2,1H3/t22-,23+,25-,32+. The van der Waals surface area contributed by atoms with E-state index in [2.05, 4.69) is 28.1 Å². The zero-order chi connectivity index (χ0) is 30.4. The van der Waals surface area contributed by atoms with Crippen molar-refractivity contribution in [2.75, 3.05) is 7.11 Å². The minimum Gasteiger partial charge on any atom is -0.465 e. The third-order valence-electron chi connectivity index (χ3n) is 9.07. The van der Waals surface area contributed by atoms with Crippen LogP contribution in [0.3, 0.4) is 0 Å². The molecular weight excluding hydrogens is 591 g/mol. The Morgan fingerprint density at radius 3 is 2.43 bits per heavy atom. The summed E-state index contributed by atoms with van der Waals surface area (Å²) in [5.74, 6) is 1.33. The first-order valence-corrected chi connectivity index (χ1v) is 15.9. The zero-order valence-corrected chi connectivity index (χ0v) is 25.0. The number of carbonyl (C=O) groups excluding carboxylic acids is 1. The predicted octanol–water partition coefficient (Wildman–Crippen LogP) is 8.92. The van der Waals surface area contributed by atoms with E-state index in [1.54, 1.807) is 18.2 Å². The van der Waals surface area contributed by atoms with Gasteiger partial charge < -0.3 is 18.7 Å². The van der Waals surface area contributed by atoms with Crippen molar-refractivity contribution in [3.63, 3.8) is 0 Å². The molecule has 2 bridgehead atoms. The largest absolute Gasteiger partial charge is 0.573 e. The van der Waals surface area contributed by atoms with Crippen LogP contribution < -0.4 is 4.74 Å². The van der Waals surface area contributed by atoms with Crippen molar-refractivity contribution >= 4 is 28.5 Å². The van der Waals surface area contributed by atoms with E-state index in [0.717, 1.165) is 54.9 Å². The predicted molar refractivity (Wildman–Crippen MR) is 160 cm³/mol. The summed E-state index contributed by atoms with van der Waals surface area (Å²) in [6, 6.07) is 18.1. The number of benzene rings is 3. The van der Waals surface area contributed by atoms with Gasteiger partial charge in [-0.3, -0.25) is 0 Å². The molecule has 4 atom stereocenters. The van der Waals surface area contributed by atoms with Crippen LogP contribution in [0, 0.1) is 11.8 Å². The van der Waals surface area contributed by atoms with E-state index in [9.17, 15) is 18.0 Å². The average molecular weight is 624 g/mol. The van der Waals surface area contributed by atoms with Gasteiger partial charge in [0.05, 0.1) is 25.4 Å². The maximum atomic E-state index is 13.1. The summed E-state index contributed by atoms with van der Waals surface area (Å²) in [6.07, 6.45) is 1.39. The summed E-state index contributed by atoms with van der Waals surface area (Å²) in [5.41, 5.74) is 1.87. The lowest BCUT2D eigenvalue weighted by Gasteiger charge is -2.35. The number of hydrogen-bond acceptors (Lipinski definition) is 7. The first kappa shape index (κ1) is 29.2. The third-order valence-corrected chi connectivity index (χ3v) is 10.6. The van der Waals surface area contributed by atoms with Crippen LogP contribution in [-0.2, 0) is 16.1 Å². The van der Waals surface area contributed by atoms with Gasteiger partial charge in [0.15, 0.2) is 0 Å². The van der Waals surface area contributed by atoms with Gasteiger partial charge in [0.2, 0.25) is 0 Å². The molecule has 0 saturated heterocycles. The monoisotopic (exact) mass is 623 g/mol. The summed E-state index contributed by atoms with van der Waals surface area (Å²) < 4.78 is 60.8. The second-order valence-corrected chi connectivity index (χ2v) is 13.2. The Balaban J connectivity index is 1.04. The molecule has 3 aromatic carbocycles. The van der Waals surface area contributed by atoms with Crippen LogP contribution in [0.4, 0.5) is 13.2 Å². The maximum absolute atomic E-state index is 13.1. The van der Waals surface area contributed by atoms with Gasteiger partial charge >= 0.3 is 12.3 Å². The number of nitrogens with zero attached hydrogens (tertiary/aromatic N) is 1. The number of ether oxygens (including phenoxy) is 3. The molecule has 6 nitrogen and oxygen atoms in total. The number of carbonyl (C=O) groups is 1. The Labute approximate surface area is 257 Å². The molecule has 44 heavy (non-hydrogen) atoms. The minimum absolute atomic E-state index is 0.0640. The molecule has 1 aromatic heterocycles. The van der Waals surface area contributed by atoms with Crippen molar-refractivity contribution in [1.82, 2.24) is 5.16 Å². The lowest BCUT2D eigenvalue weighted by molar-refractivity contribution is -0.274. The first-order valence-electron chi connectivity index (χ1n) is 15.0. The molecule has 0 unspecified atom stereocenters. The molecule has 3 aliphatic rings. The number of rotatable bonds is 9. The van der Waals surface area contributed by atoms with Crippen molar-refractivity contribution in [3.05, 3.63) is 77.6 Å². The van der Waals surface area contributed by atoms with Gasteiger partial charge in [0.1, 0.15) is 17.2 Å². The average Bonchev–Trinajstić information content (AvgIpc) is 3.73. The number of halogens is 3. The van der Waals surface area contributed by atoms with E-state index >= 15 is 0 Å². The fraction of sp³-hybridized carbons (Fsp3) is 0.412. The summed E-state index contributed by atoms with van der Waals surface area (Å²) in [5, 5.41) is 6.81. The Kier molecular flexibility index (Phi) is 7.82. The van der Waals surface area contributed by atoms with Crippen LogP contribution in [0.2, 0.25) is 0 Å². The van der Waals surface area contributed by atoms with E-state index in [1.165, 1.54) is 24.1 Å². The molecule has 0 radical (unpaired) electrons. The van der Waals surface area contributed by atoms with E-state index in [4.69, 9.17) is 14.0 Å². The molecule has 10 heteroatoms. The van der Waals surface area contributed by atoms with Crippen LogP contribution in [0.25, 0.3) is 22.0 Å². The normalized spacial score (nSPS) is 23.2. The van der Waals surface area contributed by atoms with Crippen molar-refractivity contribution < 1.29 is 36.7 Å². The van der Waals surface area contributed by atoms with E-state index in [-0.39, 0.29) is 35.9 Å². The molecule has 1 heterocycles. The summed E-state index contributed by atoms with van der Waals surface area (Å²) >= 11 is 1.93. The van der Waals surface area contributed by atoms with Gasteiger partial charge in [0.25, 0.3) is 0 Å². The molecule has 0 aliphatic heterocycles. The first-order chi connectivity index (χ1) is 21.3. The molecule has 4 aromatic rings. The Hall–Kier alpha value is -3.50. The highest BCUT2D eigenvalue weighted by Gasteiger charge is 2.44.